The summed E-state index contributed by atoms with van der Waals surface area (Å²) < 4.78 is 21.7. The molecule has 0 spiro atoms. The minimum atomic E-state index is 0.790. The number of rotatable bonds is 13. The van der Waals surface area contributed by atoms with Crippen LogP contribution in [0, 0.1) is 0 Å². The first-order valence-electron chi connectivity index (χ1n) is 16.8. The number of ether oxygens (including phenoxy) is 4. The van der Waals surface area contributed by atoms with Gasteiger partial charge in [0.15, 0.2) is 0 Å². The van der Waals surface area contributed by atoms with Crippen molar-refractivity contribution in [2.75, 3.05) is 28.4 Å². The van der Waals surface area contributed by atoms with Gasteiger partial charge in [0.25, 0.3) is 0 Å². The fraction of sp³-hybridized carbons (Fsp3) is 0.0870. The molecule has 0 aliphatic heterocycles. The lowest BCUT2D eigenvalue weighted by Crippen LogP contribution is -1.89. The Morgan fingerprint density at radius 2 is 0.673 bits per heavy atom. The maximum Gasteiger partial charge on any atom is 0.126 e. The molecular formula is C46H40N2O4. The van der Waals surface area contributed by atoms with Crippen LogP contribution in [0.4, 0.5) is 0 Å². The lowest BCUT2D eigenvalue weighted by molar-refractivity contribution is 0.402. The first-order chi connectivity index (χ1) is 25.5. The van der Waals surface area contributed by atoms with Crippen LogP contribution in [-0.4, -0.2) is 38.4 Å². The normalized spacial score (nSPS) is 11.5. The maximum absolute atomic E-state index is 5.48. The molecule has 0 aliphatic carbocycles. The summed E-state index contributed by atoms with van der Waals surface area (Å²) in [4.78, 5) is 9.32. The zero-order valence-corrected chi connectivity index (χ0v) is 29.7. The van der Waals surface area contributed by atoms with Crippen molar-refractivity contribution >= 4 is 48.6 Å². The molecule has 2 aromatic heterocycles. The van der Waals surface area contributed by atoms with Gasteiger partial charge in [-0.1, -0.05) is 109 Å². The number of aromatic nitrogens is 2. The summed E-state index contributed by atoms with van der Waals surface area (Å²) >= 11 is 0. The highest BCUT2D eigenvalue weighted by Crippen LogP contribution is 2.27. The van der Waals surface area contributed by atoms with Gasteiger partial charge in [-0.2, -0.15) is 0 Å². The van der Waals surface area contributed by atoms with Gasteiger partial charge in [-0.3, -0.25) is 9.97 Å². The van der Waals surface area contributed by atoms with Crippen LogP contribution >= 0.6 is 0 Å². The third-order valence-corrected chi connectivity index (χ3v) is 8.43. The van der Waals surface area contributed by atoms with Gasteiger partial charge in [0.05, 0.1) is 39.8 Å². The Bertz CT molecular complexity index is 2040. The van der Waals surface area contributed by atoms with Crippen LogP contribution < -0.4 is 18.9 Å². The van der Waals surface area contributed by atoms with Crippen molar-refractivity contribution in [2.24, 2.45) is 0 Å². The van der Waals surface area contributed by atoms with E-state index in [0.29, 0.717) is 0 Å². The summed E-state index contributed by atoms with van der Waals surface area (Å²) in [5.74, 6) is 3.18. The van der Waals surface area contributed by atoms with Gasteiger partial charge in [0.2, 0.25) is 0 Å². The van der Waals surface area contributed by atoms with Gasteiger partial charge < -0.3 is 18.9 Å². The van der Waals surface area contributed by atoms with E-state index >= 15 is 0 Å². The van der Waals surface area contributed by atoms with Gasteiger partial charge in [0.1, 0.15) is 23.0 Å². The third-order valence-electron chi connectivity index (χ3n) is 8.43. The molecule has 0 amide bonds. The zero-order valence-electron chi connectivity index (χ0n) is 29.7. The molecule has 0 saturated carbocycles. The van der Waals surface area contributed by atoms with E-state index in [0.717, 1.165) is 78.9 Å². The van der Waals surface area contributed by atoms with Crippen molar-refractivity contribution in [3.63, 3.8) is 0 Å². The molecule has 6 rings (SSSR count). The molecule has 0 fully saturated rings. The average molecular weight is 685 g/mol. The Morgan fingerprint density at radius 3 is 0.981 bits per heavy atom. The van der Waals surface area contributed by atoms with Crippen LogP contribution in [0.25, 0.3) is 60.0 Å². The van der Waals surface area contributed by atoms with Crippen LogP contribution in [0.2, 0.25) is 0 Å². The first kappa shape index (κ1) is 35.2. The maximum atomic E-state index is 5.48. The average Bonchev–Trinajstić information content (AvgIpc) is 3.21. The molecule has 6 nitrogen and oxygen atoms in total. The Balaban J connectivity index is 1.02. The lowest BCUT2D eigenvalue weighted by Gasteiger charge is -2.07. The molecule has 6 aromatic rings. The van der Waals surface area contributed by atoms with Crippen LogP contribution in [0.3, 0.4) is 0 Å². The second-order valence-electron chi connectivity index (χ2n) is 11.8. The molecule has 0 saturated heterocycles. The predicted molar refractivity (Wildman–Crippen MR) is 215 cm³/mol. The minimum absolute atomic E-state index is 0.790. The topological polar surface area (TPSA) is 62.7 Å². The van der Waals surface area contributed by atoms with E-state index in [1.165, 1.54) is 0 Å². The summed E-state index contributed by atoms with van der Waals surface area (Å²) in [7, 11) is 6.66. The molecule has 0 radical (unpaired) electrons. The number of hydrogen-bond donors (Lipinski definition) is 0. The van der Waals surface area contributed by atoms with Gasteiger partial charge >= 0.3 is 0 Å². The molecule has 0 aliphatic rings. The van der Waals surface area contributed by atoms with Gasteiger partial charge in [-0.05, 0) is 81.9 Å². The van der Waals surface area contributed by atoms with E-state index in [-0.39, 0.29) is 0 Å². The Morgan fingerprint density at radius 1 is 0.346 bits per heavy atom. The highest BCUT2D eigenvalue weighted by Gasteiger charge is 2.04. The summed E-state index contributed by atoms with van der Waals surface area (Å²) in [5, 5.41) is 0. The monoisotopic (exact) mass is 684 g/mol. The summed E-state index contributed by atoms with van der Waals surface area (Å²) in [5.41, 5.74) is 9.98. The lowest BCUT2D eigenvalue weighted by atomic mass is 10.1. The standard InChI is InChI=1S/C46H40N2O4/c1-49-41-23-27-45(51-3)39(29-41)21-17-35-9-5-33(6-10-35)13-15-37-19-25-43(47-31-37)44-26-20-38(32-48-44)16-14-34-7-11-36(12-8-34)18-22-40-30-42(50-2)24-28-46(40)52-4/h5-32H,1-4H3/b15-13+,16-14+,21-17+,22-18+. The molecule has 258 valence electrons. The molecule has 4 aromatic carbocycles. The van der Waals surface area contributed by atoms with E-state index in [2.05, 4.69) is 107 Å². The number of hydrogen-bond acceptors (Lipinski definition) is 6. The fourth-order valence-electron chi connectivity index (χ4n) is 5.44. The summed E-state index contributed by atoms with van der Waals surface area (Å²) in [6.07, 6.45) is 20.2. The van der Waals surface area contributed by atoms with Crippen molar-refractivity contribution in [1.29, 1.82) is 0 Å². The highest BCUT2D eigenvalue weighted by molar-refractivity contribution is 5.77. The third kappa shape index (κ3) is 9.31. The zero-order chi connectivity index (χ0) is 36.1. The fourth-order valence-corrected chi connectivity index (χ4v) is 5.44. The molecule has 0 N–H and O–H groups in total. The van der Waals surface area contributed by atoms with E-state index in [1.807, 2.05) is 73.1 Å². The van der Waals surface area contributed by atoms with Crippen LogP contribution in [0.5, 0.6) is 23.0 Å². The highest BCUT2D eigenvalue weighted by atomic mass is 16.5. The van der Waals surface area contributed by atoms with Gasteiger partial charge in [0, 0.05) is 23.5 Å². The second kappa shape index (κ2) is 17.3. The van der Waals surface area contributed by atoms with E-state index in [9.17, 15) is 0 Å². The minimum Gasteiger partial charge on any atom is -0.497 e. The van der Waals surface area contributed by atoms with E-state index in [1.54, 1.807) is 28.4 Å². The smallest absolute Gasteiger partial charge is 0.126 e. The molecule has 6 heteroatoms. The van der Waals surface area contributed by atoms with Crippen LogP contribution in [0.15, 0.2) is 122 Å². The number of benzene rings is 4. The Labute approximate surface area is 305 Å². The first-order valence-corrected chi connectivity index (χ1v) is 16.8. The summed E-state index contributed by atoms with van der Waals surface area (Å²) in [6.45, 7) is 0. The van der Waals surface area contributed by atoms with Crippen molar-refractivity contribution < 1.29 is 18.9 Å². The van der Waals surface area contributed by atoms with Crippen molar-refractivity contribution in [1.82, 2.24) is 9.97 Å². The SMILES string of the molecule is COc1ccc(OC)c(/C=C/c2ccc(/C=C/c3ccc(-c4ccc(/C=C/c5ccc(/C=C/c6cc(OC)ccc6OC)cc5)cn4)nc3)cc2)c1. The Hall–Kier alpha value is -6.66. The molecule has 0 unspecified atom stereocenters. The second-order valence-corrected chi connectivity index (χ2v) is 11.8. The van der Waals surface area contributed by atoms with Crippen molar-refractivity contribution in [3.05, 3.63) is 166 Å². The largest absolute Gasteiger partial charge is 0.497 e. The van der Waals surface area contributed by atoms with Gasteiger partial charge in [-0.15, -0.1) is 0 Å². The molecule has 0 bridgehead atoms. The number of pyridine rings is 2. The van der Waals surface area contributed by atoms with Crippen molar-refractivity contribution in [3.8, 4) is 34.4 Å². The molecule has 2 heterocycles. The number of methoxy groups -OCH3 is 4. The number of nitrogens with zero attached hydrogens (tertiary/aromatic N) is 2. The van der Waals surface area contributed by atoms with E-state index < -0.39 is 0 Å². The quantitative estimate of drug-likeness (QED) is 0.113. The van der Waals surface area contributed by atoms with E-state index in [4.69, 9.17) is 18.9 Å². The predicted octanol–water partition coefficient (Wildman–Crippen LogP) is 10.9. The van der Waals surface area contributed by atoms with Crippen molar-refractivity contribution in [2.45, 2.75) is 0 Å². The molecular weight excluding hydrogens is 645 g/mol. The molecule has 0 atom stereocenters. The summed E-state index contributed by atoms with van der Waals surface area (Å²) in [6, 6.07) is 36.3. The van der Waals surface area contributed by atoms with Crippen LogP contribution in [0.1, 0.15) is 44.5 Å². The Kier molecular flexibility index (Phi) is 11.7. The molecule has 52 heavy (non-hydrogen) atoms. The van der Waals surface area contributed by atoms with Gasteiger partial charge in [-0.25, -0.2) is 0 Å². The van der Waals surface area contributed by atoms with Crippen LogP contribution in [-0.2, 0) is 0 Å².